The lowest BCUT2D eigenvalue weighted by molar-refractivity contribution is -0.141. The molecular formula is C22H25F3N4O3. The van der Waals surface area contributed by atoms with Gasteiger partial charge in [-0.25, -0.2) is 4.68 Å². The number of fused-ring (bicyclic) bond motifs is 1. The normalized spacial score (nSPS) is 22.6. The second kappa shape index (κ2) is 7.61. The Morgan fingerprint density at radius 3 is 2.59 bits per heavy atom. The van der Waals surface area contributed by atoms with Crippen molar-refractivity contribution in [3.63, 3.8) is 0 Å². The number of rotatable bonds is 4. The zero-order valence-electron chi connectivity index (χ0n) is 17.8. The number of ketones is 1. The minimum absolute atomic E-state index is 0.00175. The van der Waals surface area contributed by atoms with Crippen LogP contribution in [0.4, 0.5) is 18.9 Å². The molecule has 0 bridgehead atoms. The van der Waals surface area contributed by atoms with E-state index in [1.807, 2.05) is 13.8 Å². The molecule has 1 amide bonds. The van der Waals surface area contributed by atoms with E-state index < -0.39 is 40.6 Å². The summed E-state index contributed by atoms with van der Waals surface area (Å²) < 4.78 is 42.2. The molecule has 0 saturated heterocycles. The van der Waals surface area contributed by atoms with Crippen molar-refractivity contribution in [3.8, 4) is 5.69 Å². The van der Waals surface area contributed by atoms with E-state index in [1.165, 1.54) is 18.2 Å². The molecular weight excluding hydrogens is 425 g/mol. The van der Waals surface area contributed by atoms with Crippen molar-refractivity contribution >= 4 is 17.4 Å². The van der Waals surface area contributed by atoms with E-state index in [4.69, 9.17) is 5.73 Å². The number of hydrogen-bond donors (Lipinski definition) is 3. The lowest BCUT2D eigenvalue weighted by Gasteiger charge is -2.29. The molecule has 32 heavy (non-hydrogen) atoms. The maximum absolute atomic E-state index is 13.7. The Hall–Kier alpha value is -2.88. The minimum Gasteiger partial charge on any atom is -0.391 e. The summed E-state index contributed by atoms with van der Waals surface area (Å²) in [4.78, 5) is 24.6. The van der Waals surface area contributed by atoms with Gasteiger partial charge in [-0.15, -0.1) is 0 Å². The zero-order valence-corrected chi connectivity index (χ0v) is 17.8. The first-order chi connectivity index (χ1) is 14.9. The fraction of sp³-hybridized carbons (Fsp3) is 0.500. The third kappa shape index (κ3) is 3.99. The quantitative estimate of drug-likeness (QED) is 0.661. The van der Waals surface area contributed by atoms with Crippen LogP contribution in [0.3, 0.4) is 0 Å². The third-order valence-corrected chi connectivity index (χ3v) is 6.15. The second-order valence-electron chi connectivity index (χ2n) is 9.36. The largest absolute Gasteiger partial charge is 0.435 e. The van der Waals surface area contributed by atoms with Gasteiger partial charge in [-0.2, -0.15) is 18.3 Å². The van der Waals surface area contributed by atoms with Gasteiger partial charge in [0.2, 0.25) is 0 Å². The Bertz CT molecular complexity index is 1090. The number of nitrogens with one attached hydrogen (secondary N) is 1. The van der Waals surface area contributed by atoms with E-state index in [2.05, 4.69) is 10.4 Å². The Kier molecular flexibility index (Phi) is 5.31. The van der Waals surface area contributed by atoms with Crippen molar-refractivity contribution in [1.29, 1.82) is 0 Å². The molecule has 4 rings (SSSR count). The van der Waals surface area contributed by atoms with Crippen LogP contribution in [0.1, 0.15) is 71.6 Å². The highest BCUT2D eigenvalue weighted by Gasteiger charge is 2.45. The number of benzene rings is 1. The first kappa shape index (κ1) is 22.3. The molecule has 1 heterocycles. The number of nitrogens with zero attached hydrogens (tertiary/aromatic N) is 2. The molecule has 2 aliphatic carbocycles. The fourth-order valence-electron chi connectivity index (χ4n) is 4.67. The first-order valence-corrected chi connectivity index (χ1v) is 10.5. The number of alkyl halides is 3. The molecule has 10 heteroatoms. The number of Topliss-reactive ketones (excluding diaryl/α,β-unsaturated/α-hetero) is 1. The van der Waals surface area contributed by atoms with Gasteiger partial charge < -0.3 is 16.2 Å². The van der Waals surface area contributed by atoms with Crippen LogP contribution >= 0.6 is 0 Å². The fourth-order valence-corrected chi connectivity index (χ4v) is 4.67. The molecule has 0 aliphatic heterocycles. The lowest BCUT2D eigenvalue weighted by Crippen LogP contribution is -2.30. The SMILES string of the molecule is CC1(C)CC(=O)c2c(C(F)(F)F)nn(-c3ccc(C(N)=O)c(N[C@@H]4CCC[C@H]4O)c3)c2C1. The van der Waals surface area contributed by atoms with Gasteiger partial charge in [-0.3, -0.25) is 9.59 Å². The van der Waals surface area contributed by atoms with Crippen molar-refractivity contribution in [2.75, 3.05) is 5.32 Å². The van der Waals surface area contributed by atoms with Gasteiger partial charge in [0.25, 0.3) is 5.91 Å². The summed E-state index contributed by atoms with van der Waals surface area (Å²) in [5.41, 5.74) is 4.28. The maximum atomic E-state index is 13.7. The summed E-state index contributed by atoms with van der Waals surface area (Å²) in [5, 5.41) is 17.0. The summed E-state index contributed by atoms with van der Waals surface area (Å²) in [6.07, 6.45) is -3.05. The summed E-state index contributed by atoms with van der Waals surface area (Å²) >= 11 is 0. The maximum Gasteiger partial charge on any atom is 0.435 e. The van der Waals surface area contributed by atoms with Crippen LogP contribution in [-0.4, -0.2) is 38.7 Å². The number of aliphatic hydroxyl groups excluding tert-OH is 1. The van der Waals surface area contributed by atoms with Crippen LogP contribution in [0.25, 0.3) is 5.69 Å². The van der Waals surface area contributed by atoms with Crippen LogP contribution in [-0.2, 0) is 12.6 Å². The standard InChI is InChI=1S/C22H25F3N4O3/c1-21(2)9-15-18(17(31)10-21)19(22(23,24)25)28-29(15)11-6-7-12(20(26)32)14(8-11)27-13-4-3-5-16(13)30/h6-8,13,16,27,30H,3-5,9-10H2,1-2H3,(H2,26,32)/t13-,16-/m1/s1. The van der Waals surface area contributed by atoms with Crippen LogP contribution < -0.4 is 11.1 Å². The molecule has 1 aromatic carbocycles. The highest BCUT2D eigenvalue weighted by Crippen LogP contribution is 2.42. The highest BCUT2D eigenvalue weighted by atomic mass is 19.4. The van der Waals surface area contributed by atoms with Crippen LogP contribution in [0, 0.1) is 5.41 Å². The predicted molar refractivity (Wildman–Crippen MR) is 111 cm³/mol. The number of aromatic nitrogens is 2. The third-order valence-electron chi connectivity index (χ3n) is 6.15. The number of anilines is 1. The Labute approximate surface area is 182 Å². The van der Waals surface area contributed by atoms with Gasteiger partial charge in [0.1, 0.15) is 0 Å². The molecule has 1 fully saturated rings. The molecule has 7 nitrogen and oxygen atoms in total. The number of hydrogen-bond acceptors (Lipinski definition) is 5. The molecule has 2 atom stereocenters. The summed E-state index contributed by atoms with van der Waals surface area (Å²) in [5.74, 6) is -1.29. The zero-order chi connectivity index (χ0) is 23.4. The van der Waals surface area contributed by atoms with Gasteiger partial charge in [0.15, 0.2) is 11.5 Å². The number of nitrogens with two attached hydrogens (primary N) is 1. The molecule has 0 unspecified atom stereocenters. The summed E-state index contributed by atoms with van der Waals surface area (Å²) in [6, 6.07) is 4.06. The van der Waals surface area contributed by atoms with Crippen molar-refractivity contribution < 1.29 is 27.9 Å². The molecule has 0 radical (unpaired) electrons. The second-order valence-corrected chi connectivity index (χ2v) is 9.36. The number of amides is 1. The Morgan fingerprint density at radius 2 is 2.00 bits per heavy atom. The van der Waals surface area contributed by atoms with Crippen LogP contribution in [0.15, 0.2) is 18.2 Å². The van der Waals surface area contributed by atoms with E-state index in [0.29, 0.717) is 18.5 Å². The predicted octanol–water partition coefficient (Wildman–Crippen LogP) is 3.47. The van der Waals surface area contributed by atoms with Gasteiger partial charge in [-0.05, 0) is 49.3 Å². The van der Waals surface area contributed by atoms with E-state index >= 15 is 0 Å². The summed E-state index contributed by atoms with van der Waals surface area (Å²) in [6.45, 7) is 3.65. The van der Waals surface area contributed by atoms with Crippen LogP contribution in [0.2, 0.25) is 0 Å². The van der Waals surface area contributed by atoms with E-state index in [1.54, 1.807) is 0 Å². The smallest absolute Gasteiger partial charge is 0.391 e. The van der Waals surface area contributed by atoms with Gasteiger partial charge in [-0.1, -0.05) is 13.8 Å². The van der Waals surface area contributed by atoms with E-state index in [9.17, 15) is 27.9 Å². The molecule has 0 spiro atoms. The number of carbonyl (C=O) groups excluding carboxylic acids is 2. The topological polar surface area (TPSA) is 110 Å². The van der Waals surface area contributed by atoms with Crippen LogP contribution in [0.5, 0.6) is 0 Å². The minimum atomic E-state index is -4.78. The van der Waals surface area contributed by atoms with Gasteiger partial charge in [0, 0.05) is 12.1 Å². The number of aliphatic hydroxyl groups is 1. The molecule has 2 aromatic rings. The average molecular weight is 450 g/mol. The number of carbonyl (C=O) groups is 2. The molecule has 172 valence electrons. The van der Waals surface area contributed by atoms with Crippen molar-refractivity contribution in [3.05, 3.63) is 40.7 Å². The molecule has 2 aliphatic rings. The summed E-state index contributed by atoms with van der Waals surface area (Å²) in [7, 11) is 0. The van der Waals surface area contributed by atoms with E-state index in [0.717, 1.165) is 11.1 Å². The molecule has 1 aromatic heterocycles. The van der Waals surface area contributed by atoms with E-state index in [-0.39, 0.29) is 35.8 Å². The van der Waals surface area contributed by atoms with Crippen molar-refractivity contribution in [1.82, 2.24) is 9.78 Å². The molecule has 1 saturated carbocycles. The highest BCUT2D eigenvalue weighted by molar-refractivity contribution is 6.00. The average Bonchev–Trinajstić information content (AvgIpc) is 3.24. The van der Waals surface area contributed by atoms with Gasteiger partial charge in [0.05, 0.1) is 34.7 Å². The Balaban J connectivity index is 1.86. The number of halogens is 3. The monoisotopic (exact) mass is 450 g/mol. The van der Waals surface area contributed by atoms with Crippen molar-refractivity contribution in [2.24, 2.45) is 11.1 Å². The first-order valence-electron chi connectivity index (χ1n) is 10.5. The molecule has 4 N–H and O–H groups in total. The van der Waals surface area contributed by atoms with Crippen molar-refractivity contribution in [2.45, 2.75) is 64.3 Å². The van der Waals surface area contributed by atoms with Gasteiger partial charge >= 0.3 is 6.18 Å². The number of primary amides is 1. The Morgan fingerprint density at radius 1 is 1.28 bits per heavy atom. The lowest BCUT2D eigenvalue weighted by atomic mass is 9.75.